The average Bonchev–Trinajstić information content (AvgIpc) is 2.76. The van der Waals surface area contributed by atoms with Crippen LogP contribution >= 0.6 is 11.3 Å². The lowest BCUT2D eigenvalue weighted by Crippen LogP contribution is -2.43. The van der Waals surface area contributed by atoms with Crippen LogP contribution in [-0.2, 0) is 11.2 Å². The zero-order chi connectivity index (χ0) is 10.7. The molecule has 0 aromatic carbocycles. The number of nitrogens with one attached hydrogen (secondary N) is 1. The molecule has 0 radical (unpaired) electrons. The van der Waals surface area contributed by atoms with Crippen molar-refractivity contribution in [2.75, 3.05) is 25.5 Å². The molecule has 0 amide bonds. The van der Waals surface area contributed by atoms with E-state index in [0.717, 1.165) is 38.3 Å². The molecule has 0 bridgehead atoms. The van der Waals surface area contributed by atoms with Crippen LogP contribution in [0.2, 0.25) is 0 Å². The average molecular weight is 227 g/mol. The van der Waals surface area contributed by atoms with E-state index in [0.29, 0.717) is 5.13 Å². The smallest absolute Gasteiger partial charge is 0.180 e. The Balaban J connectivity index is 1.75. The van der Waals surface area contributed by atoms with Crippen molar-refractivity contribution in [2.45, 2.75) is 25.3 Å². The second kappa shape index (κ2) is 4.47. The van der Waals surface area contributed by atoms with Gasteiger partial charge in [-0.05, 0) is 13.3 Å². The largest absolute Gasteiger partial charge is 0.379 e. The fraction of sp³-hybridized carbons (Fsp3) is 0.700. The van der Waals surface area contributed by atoms with Gasteiger partial charge in [-0.15, -0.1) is 11.3 Å². The topological polar surface area (TPSA) is 60.2 Å². The number of ether oxygens (including phenoxy) is 1. The molecule has 1 aliphatic heterocycles. The van der Waals surface area contributed by atoms with Crippen LogP contribution in [-0.4, -0.2) is 30.3 Å². The number of thiazole rings is 1. The van der Waals surface area contributed by atoms with E-state index in [1.165, 1.54) is 11.3 Å². The summed E-state index contributed by atoms with van der Waals surface area (Å²) >= 11 is 1.50. The molecule has 2 rings (SSSR count). The number of aromatic nitrogens is 1. The van der Waals surface area contributed by atoms with Crippen LogP contribution in [0, 0.1) is 0 Å². The van der Waals surface area contributed by atoms with Gasteiger partial charge in [0.1, 0.15) is 0 Å². The first kappa shape index (κ1) is 10.9. The Kier molecular flexibility index (Phi) is 3.23. The summed E-state index contributed by atoms with van der Waals surface area (Å²) in [7, 11) is 0. The first-order valence-electron chi connectivity index (χ1n) is 5.21. The van der Waals surface area contributed by atoms with E-state index in [1.807, 2.05) is 5.38 Å². The Bertz CT molecular complexity index is 320. The molecular weight excluding hydrogens is 210 g/mol. The quantitative estimate of drug-likeness (QED) is 0.807. The first-order valence-corrected chi connectivity index (χ1v) is 6.09. The standard InChI is InChI=1S/C10H17N3OS/c1-10(3-5-14-7-10)12-4-2-8-6-15-9(11)13-8/h6,12H,2-5,7H2,1H3,(H2,11,13). The van der Waals surface area contributed by atoms with Gasteiger partial charge in [0.2, 0.25) is 0 Å². The molecule has 2 heterocycles. The van der Waals surface area contributed by atoms with Crippen molar-refractivity contribution in [1.29, 1.82) is 0 Å². The highest BCUT2D eigenvalue weighted by atomic mass is 32.1. The summed E-state index contributed by atoms with van der Waals surface area (Å²) in [5, 5.41) is 6.19. The Morgan fingerprint density at radius 2 is 2.60 bits per heavy atom. The number of hydrogen-bond donors (Lipinski definition) is 2. The van der Waals surface area contributed by atoms with Crippen LogP contribution in [0.3, 0.4) is 0 Å². The van der Waals surface area contributed by atoms with E-state index in [4.69, 9.17) is 10.5 Å². The lowest BCUT2D eigenvalue weighted by atomic mass is 10.0. The van der Waals surface area contributed by atoms with E-state index in [2.05, 4.69) is 17.2 Å². The van der Waals surface area contributed by atoms with Crippen molar-refractivity contribution in [3.05, 3.63) is 11.1 Å². The first-order chi connectivity index (χ1) is 7.18. The summed E-state index contributed by atoms with van der Waals surface area (Å²) in [6, 6.07) is 0. The SMILES string of the molecule is CC1(NCCc2csc(N)n2)CCOC1. The third-order valence-electron chi connectivity index (χ3n) is 2.72. The summed E-state index contributed by atoms with van der Waals surface area (Å²) in [5.74, 6) is 0. The monoisotopic (exact) mass is 227 g/mol. The van der Waals surface area contributed by atoms with Crippen LogP contribution in [0.5, 0.6) is 0 Å². The van der Waals surface area contributed by atoms with Gasteiger partial charge in [0.05, 0.1) is 12.3 Å². The van der Waals surface area contributed by atoms with Gasteiger partial charge in [0, 0.05) is 30.5 Å². The van der Waals surface area contributed by atoms with Gasteiger partial charge in [-0.3, -0.25) is 0 Å². The van der Waals surface area contributed by atoms with E-state index in [1.54, 1.807) is 0 Å². The third-order valence-corrected chi connectivity index (χ3v) is 3.44. The molecular formula is C10H17N3OS. The van der Waals surface area contributed by atoms with Gasteiger partial charge in [-0.25, -0.2) is 4.98 Å². The van der Waals surface area contributed by atoms with Crippen LogP contribution in [0.25, 0.3) is 0 Å². The minimum absolute atomic E-state index is 0.154. The van der Waals surface area contributed by atoms with Gasteiger partial charge >= 0.3 is 0 Å². The maximum absolute atomic E-state index is 5.57. The highest BCUT2D eigenvalue weighted by Gasteiger charge is 2.28. The molecule has 1 saturated heterocycles. The van der Waals surface area contributed by atoms with Crippen molar-refractivity contribution in [3.8, 4) is 0 Å². The Hall–Kier alpha value is -0.650. The number of hydrogen-bond acceptors (Lipinski definition) is 5. The van der Waals surface area contributed by atoms with E-state index >= 15 is 0 Å². The normalized spacial score (nSPS) is 25.9. The van der Waals surface area contributed by atoms with E-state index < -0.39 is 0 Å². The zero-order valence-electron chi connectivity index (χ0n) is 8.95. The van der Waals surface area contributed by atoms with Crippen molar-refractivity contribution in [2.24, 2.45) is 0 Å². The number of nitrogens with two attached hydrogens (primary N) is 1. The molecule has 84 valence electrons. The fourth-order valence-corrected chi connectivity index (χ4v) is 2.33. The Labute approximate surface area is 93.8 Å². The number of anilines is 1. The summed E-state index contributed by atoms with van der Waals surface area (Å²) in [6.45, 7) is 4.82. The maximum atomic E-state index is 5.57. The minimum Gasteiger partial charge on any atom is -0.379 e. The molecule has 1 atom stereocenters. The predicted octanol–water partition coefficient (Wildman–Crippen LogP) is 1.04. The van der Waals surface area contributed by atoms with Crippen molar-refractivity contribution < 1.29 is 4.74 Å². The molecule has 0 spiro atoms. The molecule has 5 heteroatoms. The predicted molar refractivity (Wildman–Crippen MR) is 62.1 cm³/mol. The molecule has 1 aliphatic rings. The number of nitrogens with zero attached hydrogens (tertiary/aromatic N) is 1. The van der Waals surface area contributed by atoms with Gasteiger partial charge in [0.15, 0.2) is 5.13 Å². The van der Waals surface area contributed by atoms with Gasteiger partial charge in [0.25, 0.3) is 0 Å². The van der Waals surface area contributed by atoms with Crippen molar-refractivity contribution >= 4 is 16.5 Å². The Morgan fingerprint density at radius 1 is 1.73 bits per heavy atom. The van der Waals surface area contributed by atoms with Crippen LogP contribution in [0.1, 0.15) is 19.0 Å². The minimum atomic E-state index is 0.154. The highest BCUT2D eigenvalue weighted by molar-refractivity contribution is 7.13. The second-order valence-electron chi connectivity index (χ2n) is 4.22. The van der Waals surface area contributed by atoms with Crippen molar-refractivity contribution in [1.82, 2.24) is 10.3 Å². The van der Waals surface area contributed by atoms with Crippen LogP contribution < -0.4 is 11.1 Å². The Morgan fingerprint density at radius 3 is 3.20 bits per heavy atom. The van der Waals surface area contributed by atoms with Crippen molar-refractivity contribution in [3.63, 3.8) is 0 Å². The molecule has 1 aromatic rings. The number of rotatable bonds is 4. The van der Waals surface area contributed by atoms with E-state index in [9.17, 15) is 0 Å². The summed E-state index contributed by atoms with van der Waals surface area (Å²) in [5.41, 5.74) is 6.80. The summed E-state index contributed by atoms with van der Waals surface area (Å²) < 4.78 is 5.37. The molecule has 0 saturated carbocycles. The van der Waals surface area contributed by atoms with Gasteiger partial charge in [-0.1, -0.05) is 0 Å². The third kappa shape index (κ3) is 2.90. The fourth-order valence-electron chi connectivity index (χ4n) is 1.74. The molecule has 1 aromatic heterocycles. The molecule has 1 fully saturated rings. The zero-order valence-corrected chi connectivity index (χ0v) is 9.77. The van der Waals surface area contributed by atoms with Crippen LogP contribution in [0.15, 0.2) is 5.38 Å². The second-order valence-corrected chi connectivity index (χ2v) is 5.11. The lowest BCUT2D eigenvalue weighted by molar-refractivity contribution is 0.172. The van der Waals surface area contributed by atoms with E-state index in [-0.39, 0.29) is 5.54 Å². The molecule has 0 aliphatic carbocycles. The molecule has 1 unspecified atom stereocenters. The van der Waals surface area contributed by atoms with Gasteiger partial charge in [-0.2, -0.15) is 0 Å². The van der Waals surface area contributed by atoms with Gasteiger partial charge < -0.3 is 15.8 Å². The highest BCUT2D eigenvalue weighted by Crippen LogP contribution is 2.17. The molecule has 3 N–H and O–H groups in total. The number of nitrogen functional groups attached to an aromatic ring is 1. The summed E-state index contributed by atoms with van der Waals surface area (Å²) in [4.78, 5) is 4.22. The maximum Gasteiger partial charge on any atom is 0.180 e. The van der Waals surface area contributed by atoms with Crippen LogP contribution in [0.4, 0.5) is 5.13 Å². The molecule has 4 nitrogen and oxygen atoms in total. The molecule has 15 heavy (non-hydrogen) atoms. The lowest BCUT2D eigenvalue weighted by Gasteiger charge is -2.23. The summed E-state index contributed by atoms with van der Waals surface area (Å²) in [6.07, 6.45) is 2.02.